The zero-order chi connectivity index (χ0) is 14.5. The number of hydrogen-bond donors (Lipinski definition) is 2. The van der Waals surface area contributed by atoms with Crippen molar-refractivity contribution in [3.63, 3.8) is 0 Å². The molecule has 0 aliphatic heterocycles. The maximum Gasteiger partial charge on any atom is 0.227 e. The fourth-order valence-corrected chi connectivity index (χ4v) is 1.67. The number of ether oxygens (including phenoxy) is 1. The number of nitrogen functional groups attached to an aromatic ring is 1. The summed E-state index contributed by atoms with van der Waals surface area (Å²) in [5, 5.41) is 3.11. The molecule has 2 aromatic rings. The van der Waals surface area contributed by atoms with Crippen LogP contribution >= 0.6 is 0 Å². The summed E-state index contributed by atoms with van der Waals surface area (Å²) in [6, 6.07) is 6.10. The van der Waals surface area contributed by atoms with Gasteiger partial charge in [0.25, 0.3) is 0 Å². The number of rotatable bonds is 5. The lowest BCUT2D eigenvalue weighted by Crippen LogP contribution is -2.25. The first kappa shape index (κ1) is 14.0. The van der Waals surface area contributed by atoms with Gasteiger partial charge in [-0.1, -0.05) is 6.07 Å². The van der Waals surface area contributed by atoms with Crippen molar-refractivity contribution in [1.29, 1.82) is 0 Å². The predicted molar refractivity (Wildman–Crippen MR) is 78.7 cm³/mol. The third kappa shape index (κ3) is 3.81. The molecule has 3 N–H and O–H groups in total. The van der Waals surface area contributed by atoms with Crippen molar-refractivity contribution < 1.29 is 4.74 Å². The van der Waals surface area contributed by atoms with Crippen molar-refractivity contribution in [2.75, 3.05) is 17.7 Å². The highest BCUT2D eigenvalue weighted by atomic mass is 16.5. The van der Waals surface area contributed by atoms with Gasteiger partial charge in [0.2, 0.25) is 11.9 Å². The van der Waals surface area contributed by atoms with Gasteiger partial charge in [0.15, 0.2) is 0 Å². The molecular formula is C14H19N5O. The lowest BCUT2D eigenvalue weighted by atomic mass is 10.1. The Hall–Kier alpha value is -2.37. The Labute approximate surface area is 118 Å². The molecule has 1 unspecified atom stereocenters. The lowest BCUT2D eigenvalue weighted by molar-refractivity contribution is 0.303. The van der Waals surface area contributed by atoms with E-state index in [1.807, 2.05) is 19.1 Å². The van der Waals surface area contributed by atoms with Crippen LogP contribution in [0.4, 0.5) is 11.9 Å². The minimum atomic E-state index is 0.0541. The summed E-state index contributed by atoms with van der Waals surface area (Å²) in [6.07, 6.45) is 1.38. The van der Waals surface area contributed by atoms with E-state index in [-0.39, 0.29) is 12.0 Å². The molecule has 6 nitrogen and oxygen atoms in total. The molecule has 0 radical (unpaired) electrons. The van der Waals surface area contributed by atoms with Crippen LogP contribution in [-0.4, -0.2) is 27.6 Å². The second-order valence-corrected chi connectivity index (χ2v) is 4.77. The number of aryl methyl sites for hydroxylation is 2. The molecule has 0 saturated carbocycles. The second-order valence-electron chi connectivity index (χ2n) is 4.77. The van der Waals surface area contributed by atoms with Crippen LogP contribution < -0.4 is 15.8 Å². The Morgan fingerprint density at radius 3 is 2.75 bits per heavy atom. The van der Waals surface area contributed by atoms with Gasteiger partial charge in [-0.15, -0.1) is 0 Å². The highest BCUT2D eigenvalue weighted by molar-refractivity contribution is 5.34. The maximum atomic E-state index is 5.74. The van der Waals surface area contributed by atoms with Gasteiger partial charge in [-0.25, -0.2) is 9.97 Å². The summed E-state index contributed by atoms with van der Waals surface area (Å²) in [5.74, 6) is 1.51. The maximum absolute atomic E-state index is 5.74. The number of anilines is 2. The Kier molecular flexibility index (Phi) is 4.34. The van der Waals surface area contributed by atoms with E-state index in [2.05, 4.69) is 40.2 Å². The van der Waals surface area contributed by atoms with E-state index in [4.69, 9.17) is 10.5 Å². The van der Waals surface area contributed by atoms with Crippen LogP contribution in [-0.2, 0) is 0 Å². The SMILES string of the molecule is Cc1ccc(OCC(C)Nc2ncnc(N)n2)cc1C. The number of aromatic nitrogens is 3. The van der Waals surface area contributed by atoms with Crippen molar-refractivity contribution >= 4 is 11.9 Å². The van der Waals surface area contributed by atoms with E-state index in [0.717, 1.165) is 5.75 Å². The summed E-state index contributed by atoms with van der Waals surface area (Å²) in [7, 11) is 0. The third-order valence-corrected chi connectivity index (χ3v) is 2.94. The molecule has 0 bridgehead atoms. The molecule has 0 amide bonds. The average Bonchev–Trinajstić information content (AvgIpc) is 2.40. The van der Waals surface area contributed by atoms with Gasteiger partial charge in [-0.2, -0.15) is 4.98 Å². The van der Waals surface area contributed by atoms with Crippen LogP contribution in [0.25, 0.3) is 0 Å². The van der Waals surface area contributed by atoms with Crippen molar-refractivity contribution in [3.05, 3.63) is 35.7 Å². The molecule has 106 valence electrons. The predicted octanol–water partition coefficient (Wildman–Crippen LogP) is 1.95. The monoisotopic (exact) mass is 273 g/mol. The van der Waals surface area contributed by atoms with Crippen LogP contribution in [0.3, 0.4) is 0 Å². The van der Waals surface area contributed by atoms with E-state index in [9.17, 15) is 0 Å². The quantitative estimate of drug-likeness (QED) is 0.866. The molecule has 2 rings (SSSR count). The molecule has 20 heavy (non-hydrogen) atoms. The highest BCUT2D eigenvalue weighted by Crippen LogP contribution is 2.16. The molecule has 1 aromatic carbocycles. The van der Waals surface area contributed by atoms with Crippen LogP contribution in [0.5, 0.6) is 5.75 Å². The molecule has 0 aliphatic carbocycles. The average molecular weight is 273 g/mol. The first-order valence-electron chi connectivity index (χ1n) is 6.45. The first-order chi connectivity index (χ1) is 9.54. The Bertz CT molecular complexity index is 588. The van der Waals surface area contributed by atoms with Crippen LogP contribution in [0, 0.1) is 13.8 Å². The molecule has 1 atom stereocenters. The van der Waals surface area contributed by atoms with Gasteiger partial charge in [0.05, 0.1) is 6.04 Å². The number of nitrogens with zero attached hydrogens (tertiary/aromatic N) is 3. The molecule has 0 fully saturated rings. The standard InChI is InChI=1S/C14H19N5O/c1-9-4-5-12(6-10(9)2)20-7-11(3)18-14-17-8-16-13(15)19-14/h4-6,8,11H,7H2,1-3H3,(H3,15,16,17,18,19). The molecule has 1 aromatic heterocycles. The number of nitrogens with one attached hydrogen (secondary N) is 1. The Balaban J connectivity index is 1.88. The minimum absolute atomic E-state index is 0.0541. The fourth-order valence-electron chi connectivity index (χ4n) is 1.67. The molecule has 1 heterocycles. The van der Waals surface area contributed by atoms with Gasteiger partial charge in [-0.05, 0) is 44.0 Å². The third-order valence-electron chi connectivity index (χ3n) is 2.94. The van der Waals surface area contributed by atoms with Gasteiger partial charge in [-0.3, -0.25) is 0 Å². The molecule has 6 heteroatoms. The van der Waals surface area contributed by atoms with Crippen molar-refractivity contribution in [3.8, 4) is 5.75 Å². The smallest absolute Gasteiger partial charge is 0.227 e. The van der Waals surface area contributed by atoms with E-state index >= 15 is 0 Å². The zero-order valence-corrected chi connectivity index (χ0v) is 11.9. The molecular weight excluding hydrogens is 254 g/mol. The van der Waals surface area contributed by atoms with Crippen molar-refractivity contribution in [2.45, 2.75) is 26.8 Å². The Morgan fingerprint density at radius 2 is 2.05 bits per heavy atom. The topological polar surface area (TPSA) is 86.0 Å². The zero-order valence-electron chi connectivity index (χ0n) is 11.9. The van der Waals surface area contributed by atoms with E-state index < -0.39 is 0 Å². The summed E-state index contributed by atoms with van der Waals surface area (Å²) in [6.45, 7) is 6.64. The number of hydrogen-bond acceptors (Lipinski definition) is 6. The van der Waals surface area contributed by atoms with Crippen molar-refractivity contribution in [1.82, 2.24) is 15.0 Å². The van der Waals surface area contributed by atoms with Crippen LogP contribution in [0.1, 0.15) is 18.1 Å². The lowest BCUT2D eigenvalue weighted by Gasteiger charge is -2.15. The van der Waals surface area contributed by atoms with Crippen LogP contribution in [0.15, 0.2) is 24.5 Å². The van der Waals surface area contributed by atoms with Gasteiger partial charge in [0, 0.05) is 0 Å². The highest BCUT2D eigenvalue weighted by Gasteiger charge is 2.06. The summed E-state index contributed by atoms with van der Waals surface area (Å²) < 4.78 is 5.74. The number of benzene rings is 1. The largest absolute Gasteiger partial charge is 0.491 e. The fraction of sp³-hybridized carbons (Fsp3) is 0.357. The molecule has 0 saturated heterocycles. The van der Waals surface area contributed by atoms with Crippen molar-refractivity contribution in [2.24, 2.45) is 0 Å². The van der Waals surface area contributed by atoms with Crippen LogP contribution in [0.2, 0.25) is 0 Å². The minimum Gasteiger partial charge on any atom is -0.491 e. The summed E-state index contributed by atoms with van der Waals surface area (Å²) >= 11 is 0. The van der Waals surface area contributed by atoms with Gasteiger partial charge in [0.1, 0.15) is 18.7 Å². The Morgan fingerprint density at radius 1 is 1.25 bits per heavy atom. The second kappa shape index (κ2) is 6.18. The first-order valence-corrected chi connectivity index (χ1v) is 6.45. The van der Waals surface area contributed by atoms with E-state index in [1.54, 1.807) is 0 Å². The van der Waals surface area contributed by atoms with Gasteiger partial charge < -0.3 is 15.8 Å². The number of nitrogens with two attached hydrogens (primary N) is 1. The van der Waals surface area contributed by atoms with Gasteiger partial charge >= 0.3 is 0 Å². The normalized spacial score (nSPS) is 11.9. The van der Waals surface area contributed by atoms with E-state index in [1.165, 1.54) is 17.5 Å². The van der Waals surface area contributed by atoms with E-state index in [0.29, 0.717) is 12.6 Å². The molecule has 0 spiro atoms. The summed E-state index contributed by atoms with van der Waals surface area (Å²) in [4.78, 5) is 11.7. The molecule has 0 aliphatic rings. The summed E-state index contributed by atoms with van der Waals surface area (Å²) in [5.41, 5.74) is 7.97.